The third-order valence-corrected chi connectivity index (χ3v) is 4.01. The predicted molar refractivity (Wildman–Crippen MR) is 82.0 cm³/mol. The van der Waals surface area contributed by atoms with Crippen molar-refractivity contribution in [2.45, 2.75) is 12.2 Å². The first-order chi connectivity index (χ1) is 11.1. The summed E-state index contributed by atoms with van der Waals surface area (Å²) in [5.74, 6) is 0. The molecule has 0 aliphatic carbocycles. The van der Waals surface area contributed by atoms with Gasteiger partial charge in [0, 0.05) is 32.4 Å². The second kappa shape index (κ2) is 6.68. The van der Waals surface area contributed by atoms with E-state index in [0.717, 1.165) is 37.9 Å². The van der Waals surface area contributed by atoms with Gasteiger partial charge in [0.05, 0.1) is 17.3 Å². The van der Waals surface area contributed by atoms with Crippen LogP contribution in [0.4, 0.5) is 13.2 Å². The zero-order valence-corrected chi connectivity index (χ0v) is 12.6. The molecule has 1 saturated heterocycles. The molecule has 122 valence electrons. The van der Waals surface area contributed by atoms with Gasteiger partial charge in [-0.1, -0.05) is 18.2 Å². The van der Waals surface area contributed by atoms with E-state index in [1.165, 1.54) is 12.1 Å². The topological polar surface area (TPSA) is 28.2 Å². The van der Waals surface area contributed by atoms with Gasteiger partial charge in [0.1, 0.15) is 0 Å². The number of aromatic nitrogens is 1. The molecule has 0 spiro atoms. The van der Waals surface area contributed by atoms with Crippen molar-refractivity contribution in [1.29, 1.82) is 0 Å². The predicted octanol–water partition coefficient (Wildman–Crippen LogP) is 3.10. The lowest BCUT2D eigenvalue weighted by Gasteiger charge is -2.35. The summed E-state index contributed by atoms with van der Waals surface area (Å²) in [5.41, 5.74) is 0.778. The lowest BCUT2D eigenvalue weighted by Crippen LogP contribution is -2.45. The van der Waals surface area contributed by atoms with Crippen molar-refractivity contribution in [3.8, 4) is 0 Å². The number of nitrogens with one attached hydrogen (secondary N) is 1. The van der Waals surface area contributed by atoms with Crippen molar-refractivity contribution < 1.29 is 13.2 Å². The van der Waals surface area contributed by atoms with Crippen molar-refractivity contribution in [2.75, 3.05) is 26.2 Å². The number of hydrogen-bond acceptors (Lipinski definition) is 3. The van der Waals surface area contributed by atoms with Crippen LogP contribution in [0.5, 0.6) is 0 Å². The first-order valence-corrected chi connectivity index (χ1v) is 7.58. The Labute approximate surface area is 133 Å². The van der Waals surface area contributed by atoms with Crippen LogP contribution in [0, 0.1) is 0 Å². The van der Waals surface area contributed by atoms with Crippen LogP contribution in [0.3, 0.4) is 0 Å². The van der Waals surface area contributed by atoms with Crippen LogP contribution in [0.15, 0.2) is 48.7 Å². The lowest BCUT2D eigenvalue weighted by atomic mass is 9.98. The van der Waals surface area contributed by atoms with Crippen molar-refractivity contribution in [1.82, 2.24) is 15.2 Å². The van der Waals surface area contributed by atoms with Crippen molar-refractivity contribution >= 4 is 0 Å². The van der Waals surface area contributed by atoms with Gasteiger partial charge in [0.25, 0.3) is 0 Å². The van der Waals surface area contributed by atoms with Crippen LogP contribution in [0.1, 0.15) is 22.9 Å². The van der Waals surface area contributed by atoms with E-state index in [2.05, 4.69) is 15.2 Å². The van der Waals surface area contributed by atoms with Crippen LogP contribution in [0.25, 0.3) is 0 Å². The van der Waals surface area contributed by atoms with Crippen LogP contribution in [0.2, 0.25) is 0 Å². The summed E-state index contributed by atoms with van der Waals surface area (Å²) in [5, 5.41) is 3.27. The maximum Gasteiger partial charge on any atom is 0.416 e. The summed E-state index contributed by atoms with van der Waals surface area (Å²) < 4.78 is 39.1. The van der Waals surface area contributed by atoms with Crippen LogP contribution < -0.4 is 5.32 Å². The van der Waals surface area contributed by atoms with Crippen LogP contribution in [-0.4, -0.2) is 36.1 Å². The molecule has 2 heterocycles. The molecule has 1 aromatic carbocycles. The van der Waals surface area contributed by atoms with Gasteiger partial charge in [0.15, 0.2) is 0 Å². The maximum absolute atomic E-state index is 13.0. The Bertz CT molecular complexity index is 637. The highest BCUT2D eigenvalue weighted by Gasteiger charge is 2.32. The van der Waals surface area contributed by atoms with Gasteiger partial charge in [0.2, 0.25) is 0 Å². The molecule has 3 nitrogen and oxygen atoms in total. The quantitative estimate of drug-likeness (QED) is 0.941. The SMILES string of the molecule is FC(F)(F)c1cccc(C(c2ccccn2)N2CCNCC2)c1. The molecule has 0 amide bonds. The summed E-state index contributed by atoms with van der Waals surface area (Å²) in [6, 6.07) is 10.8. The Morgan fingerprint density at radius 3 is 2.48 bits per heavy atom. The fourth-order valence-electron chi connectivity index (χ4n) is 2.93. The highest BCUT2D eigenvalue weighted by molar-refractivity contribution is 5.33. The van der Waals surface area contributed by atoms with Gasteiger partial charge < -0.3 is 5.32 Å². The highest BCUT2D eigenvalue weighted by atomic mass is 19.4. The number of pyridine rings is 1. The molecule has 3 rings (SSSR count). The Hall–Kier alpha value is -1.92. The van der Waals surface area contributed by atoms with E-state index >= 15 is 0 Å². The maximum atomic E-state index is 13.0. The summed E-state index contributed by atoms with van der Waals surface area (Å²) >= 11 is 0. The second-order valence-corrected chi connectivity index (χ2v) is 5.57. The van der Waals surface area contributed by atoms with Crippen molar-refractivity contribution in [3.63, 3.8) is 0 Å². The van der Waals surface area contributed by atoms with E-state index in [1.807, 2.05) is 18.2 Å². The second-order valence-electron chi connectivity index (χ2n) is 5.57. The van der Waals surface area contributed by atoms with Gasteiger partial charge in [-0.05, 0) is 29.8 Å². The summed E-state index contributed by atoms with van der Waals surface area (Å²) in [6.45, 7) is 3.19. The van der Waals surface area contributed by atoms with E-state index in [-0.39, 0.29) is 6.04 Å². The molecule has 1 aliphatic rings. The minimum atomic E-state index is -4.34. The summed E-state index contributed by atoms with van der Waals surface area (Å²) in [4.78, 5) is 6.55. The van der Waals surface area contributed by atoms with Gasteiger partial charge in [-0.3, -0.25) is 9.88 Å². The first kappa shape index (κ1) is 16.0. The summed E-state index contributed by atoms with van der Waals surface area (Å²) in [7, 11) is 0. The average Bonchev–Trinajstić information content (AvgIpc) is 2.57. The third-order valence-electron chi connectivity index (χ3n) is 4.01. The monoisotopic (exact) mass is 321 g/mol. The lowest BCUT2D eigenvalue weighted by molar-refractivity contribution is -0.137. The number of alkyl halides is 3. The number of hydrogen-bond donors (Lipinski definition) is 1. The van der Waals surface area contributed by atoms with Gasteiger partial charge >= 0.3 is 6.18 Å². The van der Waals surface area contributed by atoms with E-state index in [4.69, 9.17) is 0 Å². The molecule has 0 bridgehead atoms. The minimum Gasteiger partial charge on any atom is -0.314 e. The number of rotatable bonds is 3. The van der Waals surface area contributed by atoms with E-state index in [1.54, 1.807) is 12.3 Å². The Kier molecular flexibility index (Phi) is 4.63. The standard InChI is InChI=1S/C17H18F3N3/c18-17(19,20)14-5-3-4-13(12-14)16(15-6-1-2-7-22-15)23-10-8-21-9-11-23/h1-7,12,16,21H,8-11H2. The molecule has 1 fully saturated rings. The molecular formula is C17H18F3N3. The molecule has 6 heteroatoms. The van der Waals surface area contributed by atoms with Crippen molar-refractivity contribution in [3.05, 3.63) is 65.5 Å². The van der Waals surface area contributed by atoms with E-state index in [0.29, 0.717) is 5.56 Å². The molecule has 1 N–H and O–H groups in total. The van der Waals surface area contributed by atoms with Gasteiger partial charge in [-0.25, -0.2) is 0 Å². The van der Waals surface area contributed by atoms with Gasteiger partial charge in [-0.15, -0.1) is 0 Å². The van der Waals surface area contributed by atoms with E-state index in [9.17, 15) is 13.2 Å². The molecule has 1 aliphatic heterocycles. The molecule has 1 atom stereocenters. The van der Waals surface area contributed by atoms with Crippen LogP contribution >= 0.6 is 0 Å². The Balaban J connectivity index is 2.01. The zero-order chi connectivity index (χ0) is 16.3. The van der Waals surface area contributed by atoms with Crippen molar-refractivity contribution in [2.24, 2.45) is 0 Å². The fourth-order valence-corrected chi connectivity index (χ4v) is 2.93. The molecule has 1 aromatic heterocycles. The molecule has 2 aromatic rings. The number of nitrogens with zero attached hydrogens (tertiary/aromatic N) is 2. The first-order valence-electron chi connectivity index (χ1n) is 7.58. The molecule has 0 radical (unpaired) electrons. The zero-order valence-electron chi connectivity index (χ0n) is 12.6. The molecule has 0 saturated carbocycles. The Morgan fingerprint density at radius 2 is 1.83 bits per heavy atom. The summed E-state index contributed by atoms with van der Waals surface area (Å²) in [6.07, 6.45) is -2.66. The molecular weight excluding hydrogens is 303 g/mol. The fraction of sp³-hybridized carbons (Fsp3) is 0.353. The largest absolute Gasteiger partial charge is 0.416 e. The normalized spacial score (nSPS) is 17.9. The van der Waals surface area contributed by atoms with E-state index < -0.39 is 11.7 Å². The van der Waals surface area contributed by atoms with Crippen LogP contribution in [-0.2, 0) is 6.18 Å². The highest BCUT2D eigenvalue weighted by Crippen LogP contribution is 2.34. The smallest absolute Gasteiger partial charge is 0.314 e. The molecule has 1 unspecified atom stereocenters. The third kappa shape index (κ3) is 3.71. The molecule has 23 heavy (non-hydrogen) atoms. The average molecular weight is 321 g/mol. The van der Waals surface area contributed by atoms with Gasteiger partial charge in [-0.2, -0.15) is 13.2 Å². The minimum absolute atomic E-state index is 0.263. The number of piperazine rings is 1. The Morgan fingerprint density at radius 1 is 1.04 bits per heavy atom. The number of benzene rings is 1. The number of halogens is 3.